The molecule has 1 atom stereocenters. The fourth-order valence-corrected chi connectivity index (χ4v) is 6.97. The van der Waals surface area contributed by atoms with Crippen molar-refractivity contribution in [2.75, 3.05) is 12.0 Å². The number of methoxy groups -OCH3 is 1. The van der Waals surface area contributed by atoms with E-state index in [0.29, 0.717) is 32.0 Å². The van der Waals surface area contributed by atoms with E-state index < -0.39 is 23.5 Å². The van der Waals surface area contributed by atoms with Gasteiger partial charge in [-0.25, -0.2) is 4.98 Å². The maximum Gasteiger partial charge on any atom is 0.296 e. The second-order valence-electron chi connectivity index (χ2n) is 8.68. The molecule has 8 nitrogen and oxygen atoms in total. The molecule has 0 radical (unpaired) electrons. The highest BCUT2D eigenvalue weighted by molar-refractivity contribution is 8.00. The number of amides is 1. The number of ketones is 1. The minimum absolute atomic E-state index is 0.0321. The van der Waals surface area contributed by atoms with Crippen molar-refractivity contribution < 1.29 is 19.4 Å². The first-order valence-corrected chi connectivity index (χ1v) is 14.3. The minimum Gasteiger partial charge on any atom is -0.503 e. The number of aliphatic hydroxyl groups is 1. The standard InChI is InChI=1S/C27H24N4O4S3/c1-14-9-11-17(12-10-14)13-36-27-30-29-26(38-27)31-21(18-7-5-6-8-19(18)35-4)20(23(33)25(31)34)22(32)24-15(2)28-16(3)37-24/h5-12,21,33H,13H2,1-4H3. The first-order chi connectivity index (χ1) is 18.3. The second kappa shape index (κ2) is 10.7. The van der Waals surface area contributed by atoms with E-state index in [9.17, 15) is 14.7 Å². The zero-order chi connectivity index (χ0) is 27.0. The summed E-state index contributed by atoms with van der Waals surface area (Å²) in [6, 6.07) is 14.4. The van der Waals surface area contributed by atoms with Gasteiger partial charge in [-0.1, -0.05) is 71.1 Å². The first-order valence-electron chi connectivity index (χ1n) is 11.7. The van der Waals surface area contributed by atoms with Crippen molar-refractivity contribution in [1.29, 1.82) is 0 Å². The summed E-state index contributed by atoms with van der Waals surface area (Å²) in [6.07, 6.45) is 0. The Bertz CT molecular complexity index is 1560. The molecular weight excluding hydrogens is 541 g/mol. The van der Waals surface area contributed by atoms with E-state index in [0.717, 1.165) is 10.6 Å². The van der Waals surface area contributed by atoms with Gasteiger partial charge in [-0.15, -0.1) is 21.5 Å². The molecule has 0 spiro atoms. The van der Waals surface area contributed by atoms with Crippen LogP contribution < -0.4 is 9.64 Å². The summed E-state index contributed by atoms with van der Waals surface area (Å²) >= 11 is 3.97. The Balaban J connectivity index is 1.53. The molecule has 3 heterocycles. The van der Waals surface area contributed by atoms with Crippen LogP contribution in [0.25, 0.3) is 0 Å². The summed E-state index contributed by atoms with van der Waals surface area (Å²) < 4.78 is 6.24. The first kappa shape index (κ1) is 26.1. The number of aryl methyl sites for hydroxylation is 3. The third-order valence-electron chi connectivity index (χ3n) is 6.08. The quantitative estimate of drug-likeness (QED) is 0.158. The highest BCUT2D eigenvalue weighted by Crippen LogP contribution is 2.46. The van der Waals surface area contributed by atoms with Crippen LogP contribution >= 0.6 is 34.4 Å². The number of thiazole rings is 1. The van der Waals surface area contributed by atoms with Gasteiger partial charge < -0.3 is 9.84 Å². The zero-order valence-corrected chi connectivity index (χ0v) is 23.5. The number of anilines is 1. The van der Waals surface area contributed by atoms with E-state index in [-0.39, 0.29) is 10.7 Å². The smallest absolute Gasteiger partial charge is 0.296 e. The lowest BCUT2D eigenvalue weighted by molar-refractivity contribution is -0.117. The number of benzene rings is 2. The summed E-state index contributed by atoms with van der Waals surface area (Å²) in [5.41, 5.74) is 3.40. The van der Waals surface area contributed by atoms with Gasteiger partial charge in [0.15, 0.2) is 10.1 Å². The van der Waals surface area contributed by atoms with E-state index in [1.54, 1.807) is 31.2 Å². The lowest BCUT2D eigenvalue weighted by atomic mass is 9.94. The number of para-hydroxylation sites is 1. The monoisotopic (exact) mass is 564 g/mol. The van der Waals surface area contributed by atoms with E-state index in [1.165, 1.54) is 52.0 Å². The molecule has 2 aromatic carbocycles. The molecule has 1 aliphatic heterocycles. The lowest BCUT2D eigenvalue weighted by Crippen LogP contribution is -2.31. The normalized spacial score (nSPS) is 15.4. The fraction of sp³-hybridized carbons (Fsp3) is 0.222. The Morgan fingerprint density at radius 1 is 1.08 bits per heavy atom. The Morgan fingerprint density at radius 2 is 1.82 bits per heavy atom. The average molecular weight is 565 g/mol. The SMILES string of the molecule is COc1ccccc1C1C(C(=O)c2sc(C)nc2C)=C(O)C(=O)N1c1nnc(SCc2ccc(C)cc2)s1. The lowest BCUT2D eigenvalue weighted by Gasteiger charge is -2.25. The minimum atomic E-state index is -0.948. The van der Waals surface area contributed by atoms with Crippen molar-refractivity contribution in [1.82, 2.24) is 15.2 Å². The van der Waals surface area contributed by atoms with Gasteiger partial charge in [0, 0.05) is 11.3 Å². The molecule has 1 unspecified atom stereocenters. The number of aromatic nitrogens is 3. The molecule has 38 heavy (non-hydrogen) atoms. The van der Waals surface area contributed by atoms with Gasteiger partial charge in [0.2, 0.25) is 10.9 Å². The number of carbonyl (C=O) groups is 2. The molecule has 0 saturated heterocycles. The zero-order valence-electron chi connectivity index (χ0n) is 21.1. The number of aliphatic hydroxyl groups excluding tert-OH is 1. The molecule has 4 aromatic rings. The maximum atomic E-state index is 13.8. The van der Waals surface area contributed by atoms with Crippen LogP contribution in [0.1, 0.15) is 43.1 Å². The van der Waals surface area contributed by atoms with Crippen LogP contribution in [0.15, 0.2) is 64.2 Å². The van der Waals surface area contributed by atoms with Crippen molar-refractivity contribution in [3.05, 3.63) is 92.1 Å². The molecule has 1 N–H and O–H groups in total. The number of Topliss-reactive ketones (excluding diaryl/α,β-unsaturated/α-hetero) is 1. The molecule has 0 fully saturated rings. The van der Waals surface area contributed by atoms with Gasteiger partial charge in [0.1, 0.15) is 11.8 Å². The van der Waals surface area contributed by atoms with E-state index in [2.05, 4.69) is 39.4 Å². The Morgan fingerprint density at radius 3 is 2.50 bits per heavy atom. The van der Waals surface area contributed by atoms with Gasteiger partial charge in [-0.05, 0) is 32.4 Å². The highest BCUT2D eigenvalue weighted by Gasteiger charge is 2.47. The number of thioether (sulfide) groups is 1. The van der Waals surface area contributed by atoms with Crippen LogP contribution in [0, 0.1) is 20.8 Å². The molecule has 11 heteroatoms. The van der Waals surface area contributed by atoms with Crippen LogP contribution in [0.3, 0.4) is 0 Å². The average Bonchev–Trinajstić information content (AvgIpc) is 3.59. The van der Waals surface area contributed by atoms with Crippen LogP contribution in [0.5, 0.6) is 5.75 Å². The summed E-state index contributed by atoms with van der Waals surface area (Å²) in [5, 5.41) is 20.6. The molecule has 5 rings (SSSR count). The molecule has 0 aliphatic carbocycles. The van der Waals surface area contributed by atoms with E-state index in [1.807, 2.05) is 13.8 Å². The van der Waals surface area contributed by atoms with Crippen molar-refractivity contribution in [3.8, 4) is 5.75 Å². The predicted octanol–water partition coefficient (Wildman–Crippen LogP) is 6.00. The second-order valence-corrected chi connectivity index (χ2v) is 12.1. The summed E-state index contributed by atoms with van der Waals surface area (Å²) in [5.74, 6) is -0.604. The molecule has 1 aliphatic rings. The van der Waals surface area contributed by atoms with Gasteiger partial charge in [-0.3, -0.25) is 14.5 Å². The van der Waals surface area contributed by atoms with Crippen molar-refractivity contribution in [2.24, 2.45) is 0 Å². The van der Waals surface area contributed by atoms with Crippen LogP contribution in [-0.2, 0) is 10.5 Å². The highest BCUT2D eigenvalue weighted by atomic mass is 32.2. The molecule has 194 valence electrons. The third kappa shape index (κ3) is 4.84. The van der Waals surface area contributed by atoms with Crippen LogP contribution in [0.4, 0.5) is 5.13 Å². The van der Waals surface area contributed by atoms with Gasteiger partial charge in [0.25, 0.3) is 5.91 Å². The number of hydrogen-bond acceptors (Lipinski definition) is 10. The molecule has 0 bridgehead atoms. The van der Waals surface area contributed by atoms with E-state index in [4.69, 9.17) is 4.74 Å². The molecule has 2 aromatic heterocycles. The molecule has 1 amide bonds. The van der Waals surface area contributed by atoms with Crippen molar-refractivity contribution >= 4 is 51.3 Å². The number of carbonyl (C=O) groups excluding carboxylic acids is 2. The van der Waals surface area contributed by atoms with Crippen molar-refractivity contribution in [2.45, 2.75) is 36.9 Å². The Labute approximate surface area is 232 Å². The van der Waals surface area contributed by atoms with Gasteiger partial charge in [-0.2, -0.15) is 0 Å². The summed E-state index contributed by atoms with van der Waals surface area (Å²) in [6.45, 7) is 5.59. The fourth-order valence-electron chi connectivity index (χ4n) is 4.27. The van der Waals surface area contributed by atoms with Crippen LogP contribution in [-0.4, -0.2) is 39.1 Å². The van der Waals surface area contributed by atoms with Crippen LogP contribution in [0.2, 0.25) is 0 Å². The maximum absolute atomic E-state index is 13.8. The molecule has 0 saturated carbocycles. The largest absolute Gasteiger partial charge is 0.503 e. The summed E-state index contributed by atoms with van der Waals surface area (Å²) in [7, 11) is 1.52. The van der Waals surface area contributed by atoms with E-state index >= 15 is 0 Å². The van der Waals surface area contributed by atoms with Gasteiger partial charge in [0.05, 0.1) is 28.3 Å². The number of hydrogen-bond donors (Lipinski definition) is 1. The third-order valence-corrected chi connectivity index (χ3v) is 9.28. The van der Waals surface area contributed by atoms with Gasteiger partial charge >= 0.3 is 0 Å². The molecular formula is C27H24N4O4S3. The number of nitrogens with zero attached hydrogens (tertiary/aromatic N) is 4. The number of rotatable bonds is 8. The predicted molar refractivity (Wildman–Crippen MR) is 149 cm³/mol. The Kier molecular flexibility index (Phi) is 7.33. The number of ether oxygens (including phenoxy) is 1. The summed E-state index contributed by atoms with van der Waals surface area (Å²) in [4.78, 5) is 33.3. The topological polar surface area (TPSA) is 106 Å². The van der Waals surface area contributed by atoms with Crippen molar-refractivity contribution in [3.63, 3.8) is 0 Å². The Hall–Kier alpha value is -3.54.